The van der Waals surface area contributed by atoms with Crippen LogP contribution in [0.5, 0.6) is 0 Å². The number of hydrogen-bond acceptors (Lipinski definition) is 4. The Morgan fingerprint density at radius 3 is 2.71 bits per heavy atom. The van der Waals surface area contributed by atoms with Crippen LogP contribution in [0.1, 0.15) is 32.9 Å². The molecule has 0 unspecified atom stereocenters. The van der Waals surface area contributed by atoms with Crippen molar-refractivity contribution in [3.8, 4) is 0 Å². The lowest BCUT2D eigenvalue weighted by atomic mass is 10.0. The zero-order chi connectivity index (χ0) is 17.1. The Morgan fingerprint density at radius 1 is 1.12 bits per heavy atom. The minimum atomic E-state index is -0.294. The van der Waals surface area contributed by atoms with Gasteiger partial charge >= 0.3 is 6.01 Å². The van der Waals surface area contributed by atoms with E-state index < -0.39 is 0 Å². The topological polar surface area (TPSA) is 68.0 Å². The molecule has 1 aromatic heterocycles. The van der Waals surface area contributed by atoms with Gasteiger partial charge in [0.15, 0.2) is 0 Å². The molecule has 5 nitrogen and oxygen atoms in total. The molecule has 0 bridgehead atoms. The summed E-state index contributed by atoms with van der Waals surface area (Å²) in [5, 5.41) is 10.5. The molecule has 0 aliphatic carbocycles. The SMILES string of the molecule is Cc1ccc(Cc2nnc(NC(=O)c3cccc(Br)c3)o2)cc1C. The van der Waals surface area contributed by atoms with Crippen LogP contribution in [0.3, 0.4) is 0 Å². The van der Waals surface area contributed by atoms with Crippen molar-refractivity contribution < 1.29 is 9.21 Å². The predicted molar refractivity (Wildman–Crippen MR) is 95.1 cm³/mol. The number of nitrogens with one attached hydrogen (secondary N) is 1. The van der Waals surface area contributed by atoms with Crippen LogP contribution in [0.2, 0.25) is 0 Å². The number of benzene rings is 2. The van der Waals surface area contributed by atoms with Crippen LogP contribution < -0.4 is 5.32 Å². The number of aryl methyl sites for hydroxylation is 2. The molecule has 0 fully saturated rings. The van der Waals surface area contributed by atoms with E-state index >= 15 is 0 Å². The molecule has 24 heavy (non-hydrogen) atoms. The Labute approximate surface area is 148 Å². The maximum atomic E-state index is 12.2. The first-order chi connectivity index (χ1) is 11.5. The second-order valence-corrected chi connectivity index (χ2v) is 6.48. The van der Waals surface area contributed by atoms with Crippen molar-refractivity contribution >= 4 is 27.9 Å². The number of hydrogen-bond donors (Lipinski definition) is 1. The zero-order valence-corrected chi connectivity index (χ0v) is 14.9. The number of halogens is 1. The minimum absolute atomic E-state index is 0.0961. The number of amides is 1. The summed E-state index contributed by atoms with van der Waals surface area (Å²) in [6.07, 6.45) is 0.529. The molecule has 0 aliphatic rings. The number of nitrogens with zero attached hydrogens (tertiary/aromatic N) is 2. The van der Waals surface area contributed by atoms with Crippen molar-refractivity contribution in [2.45, 2.75) is 20.3 Å². The molecule has 0 spiro atoms. The molecule has 3 aromatic rings. The van der Waals surface area contributed by atoms with Crippen LogP contribution >= 0.6 is 15.9 Å². The molecule has 2 aromatic carbocycles. The number of carbonyl (C=O) groups excluding carboxylic acids is 1. The summed E-state index contributed by atoms with van der Waals surface area (Å²) in [4.78, 5) is 12.2. The Hall–Kier alpha value is -2.47. The molecular weight excluding hydrogens is 370 g/mol. The molecule has 6 heteroatoms. The molecule has 122 valence electrons. The highest BCUT2D eigenvalue weighted by molar-refractivity contribution is 9.10. The summed E-state index contributed by atoms with van der Waals surface area (Å²) in [6, 6.07) is 13.4. The van der Waals surface area contributed by atoms with Gasteiger partial charge in [0.25, 0.3) is 5.91 Å². The third kappa shape index (κ3) is 3.89. The second kappa shape index (κ2) is 6.97. The van der Waals surface area contributed by atoms with Gasteiger partial charge in [-0.3, -0.25) is 10.1 Å². The Balaban J connectivity index is 1.69. The van der Waals surface area contributed by atoms with Crippen molar-refractivity contribution in [2.24, 2.45) is 0 Å². The highest BCUT2D eigenvalue weighted by Crippen LogP contribution is 2.16. The van der Waals surface area contributed by atoms with Gasteiger partial charge in [-0.2, -0.15) is 0 Å². The Kier molecular flexibility index (Phi) is 4.76. The van der Waals surface area contributed by atoms with Crippen LogP contribution in [0, 0.1) is 13.8 Å². The number of carbonyl (C=O) groups is 1. The molecule has 1 heterocycles. The van der Waals surface area contributed by atoms with Crippen molar-refractivity contribution in [3.63, 3.8) is 0 Å². The summed E-state index contributed by atoms with van der Waals surface area (Å²) in [7, 11) is 0. The highest BCUT2D eigenvalue weighted by atomic mass is 79.9. The van der Waals surface area contributed by atoms with E-state index in [1.54, 1.807) is 18.2 Å². The van der Waals surface area contributed by atoms with Crippen LogP contribution in [0.25, 0.3) is 0 Å². The van der Waals surface area contributed by atoms with Crippen LogP contribution in [0.15, 0.2) is 51.4 Å². The van der Waals surface area contributed by atoms with Crippen molar-refractivity contribution in [1.82, 2.24) is 10.2 Å². The summed E-state index contributed by atoms with van der Waals surface area (Å²) >= 11 is 3.34. The highest BCUT2D eigenvalue weighted by Gasteiger charge is 2.12. The number of rotatable bonds is 4. The lowest BCUT2D eigenvalue weighted by molar-refractivity contribution is 0.102. The van der Waals surface area contributed by atoms with Crippen LogP contribution in [-0.2, 0) is 6.42 Å². The quantitative estimate of drug-likeness (QED) is 0.726. The standard InChI is InChI=1S/C18H16BrN3O2/c1-11-6-7-13(8-12(11)2)9-16-21-22-18(24-16)20-17(23)14-4-3-5-15(19)10-14/h3-8,10H,9H2,1-2H3,(H,20,22,23). The first-order valence-electron chi connectivity index (χ1n) is 7.47. The van der Waals surface area contributed by atoms with Gasteiger partial charge in [0.1, 0.15) is 0 Å². The zero-order valence-electron chi connectivity index (χ0n) is 13.3. The number of aromatic nitrogens is 2. The monoisotopic (exact) mass is 385 g/mol. The average Bonchev–Trinajstić information content (AvgIpc) is 2.98. The normalized spacial score (nSPS) is 10.6. The summed E-state index contributed by atoms with van der Waals surface area (Å²) in [5.41, 5.74) is 4.06. The van der Waals surface area contributed by atoms with Crippen molar-refractivity contribution in [1.29, 1.82) is 0 Å². The molecule has 0 atom stereocenters. The smallest absolute Gasteiger partial charge is 0.322 e. The second-order valence-electron chi connectivity index (χ2n) is 5.56. The van der Waals surface area contributed by atoms with E-state index in [1.165, 1.54) is 11.1 Å². The fraction of sp³-hybridized carbons (Fsp3) is 0.167. The van der Waals surface area contributed by atoms with E-state index in [1.807, 2.05) is 12.1 Å². The molecule has 3 rings (SSSR count). The van der Waals surface area contributed by atoms with E-state index in [9.17, 15) is 4.79 Å². The van der Waals surface area contributed by atoms with Gasteiger partial charge in [-0.15, -0.1) is 5.10 Å². The third-order valence-corrected chi connectivity index (χ3v) is 4.19. The first kappa shape index (κ1) is 16.4. The third-order valence-electron chi connectivity index (χ3n) is 3.70. The van der Waals surface area contributed by atoms with E-state index in [0.29, 0.717) is 17.9 Å². The molecule has 0 saturated heterocycles. The van der Waals surface area contributed by atoms with Crippen LogP contribution in [0.4, 0.5) is 6.01 Å². The predicted octanol–water partition coefficient (Wildman–Crippen LogP) is 4.29. The summed E-state index contributed by atoms with van der Waals surface area (Å²) < 4.78 is 6.34. The van der Waals surface area contributed by atoms with Gasteiger partial charge in [-0.25, -0.2) is 0 Å². The minimum Gasteiger partial charge on any atom is -0.407 e. The summed E-state index contributed by atoms with van der Waals surface area (Å²) in [5.74, 6) is 0.167. The summed E-state index contributed by atoms with van der Waals surface area (Å²) in [6.45, 7) is 4.14. The van der Waals surface area contributed by atoms with Gasteiger partial charge in [0.2, 0.25) is 5.89 Å². The molecule has 1 N–H and O–H groups in total. The van der Waals surface area contributed by atoms with Gasteiger partial charge in [0, 0.05) is 10.0 Å². The van der Waals surface area contributed by atoms with E-state index in [-0.39, 0.29) is 11.9 Å². The van der Waals surface area contributed by atoms with Gasteiger partial charge < -0.3 is 4.42 Å². The van der Waals surface area contributed by atoms with Crippen molar-refractivity contribution in [2.75, 3.05) is 5.32 Å². The van der Waals surface area contributed by atoms with Crippen LogP contribution in [-0.4, -0.2) is 16.1 Å². The largest absolute Gasteiger partial charge is 0.407 e. The average molecular weight is 386 g/mol. The van der Waals surface area contributed by atoms with Gasteiger partial charge in [-0.1, -0.05) is 45.3 Å². The van der Waals surface area contributed by atoms with E-state index in [0.717, 1.165) is 10.0 Å². The molecule has 0 radical (unpaired) electrons. The maximum absolute atomic E-state index is 12.2. The van der Waals surface area contributed by atoms with E-state index in [4.69, 9.17) is 4.42 Å². The molecule has 0 saturated carbocycles. The van der Waals surface area contributed by atoms with E-state index in [2.05, 4.69) is 57.4 Å². The lowest BCUT2D eigenvalue weighted by Gasteiger charge is -2.03. The Morgan fingerprint density at radius 2 is 1.96 bits per heavy atom. The lowest BCUT2D eigenvalue weighted by Crippen LogP contribution is -2.11. The molecular formula is C18H16BrN3O2. The molecule has 0 aliphatic heterocycles. The number of anilines is 1. The fourth-order valence-electron chi connectivity index (χ4n) is 2.26. The van der Waals surface area contributed by atoms with Gasteiger partial charge in [0.05, 0.1) is 6.42 Å². The Bertz CT molecular complexity index is 889. The van der Waals surface area contributed by atoms with Gasteiger partial charge in [-0.05, 0) is 48.7 Å². The first-order valence-corrected chi connectivity index (χ1v) is 8.26. The molecule has 1 amide bonds. The fourth-order valence-corrected chi connectivity index (χ4v) is 2.66. The maximum Gasteiger partial charge on any atom is 0.322 e. The van der Waals surface area contributed by atoms with Crippen molar-refractivity contribution in [3.05, 3.63) is 75.1 Å².